The highest BCUT2D eigenvalue weighted by Gasteiger charge is 2.25. The van der Waals surface area contributed by atoms with Gasteiger partial charge >= 0.3 is 0 Å². The third-order valence-electron chi connectivity index (χ3n) is 4.22. The van der Waals surface area contributed by atoms with Gasteiger partial charge in [-0.2, -0.15) is 0 Å². The van der Waals surface area contributed by atoms with Crippen LogP contribution in [0.15, 0.2) is 42.7 Å². The highest BCUT2D eigenvalue weighted by molar-refractivity contribution is 7.88. The van der Waals surface area contributed by atoms with Gasteiger partial charge in [0.1, 0.15) is 6.33 Å². The van der Waals surface area contributed by atoms with E-state index in [1.165, 1.54) is 16.9 Å². The van der Waals surface area contributed by atoms with Crippen LogP contribution in [-0.4, -0.2) is 48.6 Å². The Morgan fingerprint density at radius 2 is 1.88 bits per heavy atom. The lowest BCUT2D eigenvalue weighted by Gasteiger charge is -2.29. The van der Waals surface area contributed by atoms with Gasteiger partial charge in [-0.3, -0.25) is 0 Å². The second kappa shape index (κ2) is 7.27. The average molecular weight is 347 g/mol. The molecule has 0 unspecified atom stereocenters. The highest BCUT2D eigenvalue weighted by Crippen LogP contribution is 2.22. The van der Waals surface area contributed by atoms with E-state index < -0.39 is 10.0 Å². The van der Waals surface area contributed by atoms with E-state index in [4.69, 9.17) is 4.74 Å². The maximum Gasteiger partial charge on any atom is 0.216 e. The van der Waals surface area contributed by atoms with Crippen LogP contribution in [-0.2, 0) is 10.0 Å². The van der Waals surface area contributed by atoms with Gasteiger partial charge in [0.15, 0.2) is 0 Å². The minimum atomic E-state index is -3.08. The number of aromatic nitrogens is 2. The standard InChI is InChI=1S/C17H21N3O3S/c1-24(21,22)20-9-7-14(8-10-20)12-23-17-11-16(18-13-19-17)15-5-3-2-4-6-15/h2-6,11,13-14H,7-10,12H2,1H3. The zero-order chi connectivity index (χ0) is 17.0. The summed E-state index contributed by atoms with van der Waals surface area (Å²) in [7, 11) is -3.08. The lowest BCUT2D eigenvalue weighted by molar-refractivity contribution is 0.181. The first-order valence-corrected chi connectivity index (χ1v) is 9.82. The molecule has 1 aromatic carbocycles. The highest BCUT2D eigenvalue weighted by atomic mass is 32.2. The number of hydrogen-bond donors (Lipinski definition) is 0. The molecular weight excluding hydrogens is 326 g/mol. The van der Waals surface area contributed by atoms with Gasteiger partial charge in [-0.15, -0.1) is 0 Å². The van der Waals surface area contributed by atoms with Crippen LogP contribution in [0.5, 0.6) is 5.88 Å². The van der Waals surface area contributed by atoms with E-state index in [9.17, 15) is 8.42 Å². The fourth-order valence-electron chi connectivity index (χ4n) is 2.80. The van der Waals surface area contributed by atoms with Crippen LogP contribution in [0.25, 0.3) is 11.3 Å². The van der Waals surface area contributed by atoms with Crippen molar-refractivity contribution in [3.05, 3.63) is 42.7 Å². The molecule has 0 bridgehead atoms. The van der Waals surface area contributed by atoms with Gasteiger partial charge in [0.05, 0.1) is 18.6 Å². The van der Waals surface area contributed by atoms with Gasteiger partial charge < -0.3 is 4.74 Å². The summed E-state index contributed by atoms with van der Waals surface area (Å²) in [5, 5.41) is 0. The fraction of sp³-hybridized carbons (Fsp3) is 0.412. The van der Waals surface area contributed by atoms with E-state index >= 15 is 0 Å². The van der Waals surface area contributed by atoms with Crippen molar-refractivity contribution in [1.29, 1.82) is 0 Å². The third-order valence-corrected chi connectivity index (χ3v) is 5.52. The third kappa shape index (κ3) is 4.30. The number of ether oxygens (including phenoxy) is 1. The number of benzene rings is 1. The second-order valence-corrected chi connectivity index (χ2v) is 8.01. The smallest absolute Gasteiger partial charge is 0.216 e. The van der Waals surface area contributed by atoms with Gasteiger partial charge in [0.25, 0.3) is 0 Å². The minimum Gasteiger partial charge on any atom is -0.477 e. The van der Waals surface area contributed by atoms with Crippen LogP contribution >= 0.6 is 0 Å². The Kier molecular flexibility index (Phi) is 5.11. The largest absolute Gasteiger partial charge is 0.477 e. The van der Waals surface area contributed by atoms with Crippen molar-refractivity contribution in [3.8, 4) is 17.1 Å². The molecule has 0 aliphatic carbocycles. The Balaban J connectivity index is 1.56. The lowest BCUT2D eigenvalue weighted by Crippen LogP contribution is -2.39. The Morgan fingerprint density at radius 1 is 1.17 bits per heavy atom. The normalized spacial score (nSPS) is 16.9. The molecule has 1 aliphatic rings. The summed E-state index contributed by atoms with van der Waals surface area (Å²) >= 11 is 0. The zero-order valence-electron chi connectivity index (χ0n) is 13.6. The van der Waals surface area contributed by atoms with Crippen LogP contribution in [0.3, 0.4) is 0 Å². The first-order valence-electron chi connectivity index (χ1n) is 7.98. The van der Waals surface area contributed by atoms with E-state index in [1.807, 2.05) is 36.4 Å². The van der Waals surface area contributed by atoms with Gasteiger partial charge in [-0.25, -0.2) is 22.7 Å². The summed E-state index contributed by atoms with van der Waals surface area (Å²) in [6.07, 6.45) is 4.38. The summed E-state index contributed by atoms with van der Waals surface area (Å²) in [6, 6.07) is 11.7. The van der Waals surface area contributed by atoms with Crippen LogP contribution in [0.4, 0.5) is 0 Å². The van der Waals surface area contributed by atoms with Crippen molar-refractivity contribution >= 4 is 10.0 Å². The average Bonchev–Trinajstić information content (AvgIpc) is 2.61. The molecule has 2 heterocycles. The van der Waals surface area contributed by atoms with Crippen molar-refractivity contribution in [2.24, 2.45) is 5.92 Å². The molecule has 128 valence electrons. The summed E-state index contributed by atoms with van der Waals surface area (Å²) in [5.41, 5.74) is 1.85. The maximum absolute atomic E-state index is 11.5. The van der Waals surface area contributed by atoms with Gasteiger partial charge in [0, 0.05) is 24.7 Å². The van der Waals surface area contributed by atoms with Crippen molar-refractivity contribution in [2.45, 2.75) is 12.8 Å². The molecule has 0 radical (unpaired) electrons. The second-order valence-electron chi connectivity index (χ2n) is 6.02. The van der Waals surface area contributed by atoms with Crippen molar-refractivity contribution in [3.63, 3.8) is 0 Å². The van der Waals surface area contributed by atoms with E-state index in [1.54, 1.807) is 0 Å². The summed E-state index contributed by atoms with van der Waals surface area (Å²) in [6.45, 7) is 1.67. The SMILES string of the molecule is CS(=O)(=O)N1CCC(COc2cc(-c3ccccc3)ncn2)CC1. The minimum absolute atomic E-state index is 0.346. The van der Waals surface area contributed by atoms with Crippen molar-refractivity contribution < 1.29 is 13.2 Å². The molecule has 7 heteroatoms. The molecule has 1 aliphatic heterocycles. The van der Waals surface area contributed by atoms with E-state index in [0.29, 0.717) is 31.5 Å². The quantitative estimate of drug-likeness (QED) is 0.829. The molecule has 1 aromatic heterocycles. The Morgan fingerprint density at radius 3 is 2.54 bits per heavy atom. The first kappa shape index (κ1) is 16.9. The van der Waals surface area contributed by atoms with Gasteiger partial charge in [-0.05, 0) is 18.8 Å². The van der Waals surface area contributed by atoms with E-state index in [2.05, 4.69) is 9.97 Å². The van der Waals surface area contributed by atoms with Crippen molar-refractivity contribution in [2.75, 3.05) is 26.0 Å². The van der Waals surface area contributed by atoms with Gasteiger partial charge in [0.2, 0.25) is 15.9 Å². The number of rotatable bonds is 5. The molecule has 0 N–H and O–H groups in total. The summed E-state index contributed by atoms with van der Waals surface area (Å²) in [5.74, 6) is 0.896. The number of hydrogen-bond acceptors (Lipinski definition) is 5. The molecule has 0 amide bonds. The van der Waals surface area contributed by atoms with Crippen LogP contribution in [0.2, 0.25) is 0 Å². The predicted octanol–water partition coefficient (Wildman–Crippen LogP) is 2.19. The molecule has 3 rings (SSSR count). The molecule has 1 fully saturated rings. The van der Waals surface area contributed by atoms with Crippen LogP contribution in [0, 0.1) is 5.92 Å². The topological polar surface area (TPSA) is 72.4 Å². The molecule has 2 aromatic rings. The molecule has 1 saturated heterocycles. The number of piperidine rings is 1. The maximum atomic E-state index is 11.5. The van der Waals surface area contributed by atoms with Crippen molar-refractivity contribution in [1.82, 2.24) is 14.3 Å². The van der Waals surface area contributed by atoms with Crippen LogP contribution < -0.4 is 4.74 Å². The predicted molar refractivity (Wildman–Crippen MR) is 92.1 cm³/mol. The molecular formula is C17H21N3O3S. The Labute approximate surface area is 142 Å². The van der Waals surface area contributed by atoms with E-state index in [-0.39, 0.29) is 0 Å². The van der Waals surface area contributed by atoms with Crippen LogP contribution in [0.1, 0.15) is 12.8 Å². The molecule has 0 spiro atoms. The van der Waals surface area contributed by atoms with Gasteiger partial charge in [-0.1, -0.05) is 30.3 Å². The number of nitrogens with zero attached hydrogens (tertiary/aromatic N) is 3. The Hall–Kier alpha value is -1.99. The lowest BCUT2D eigenvalue weighted by atomic mass is 9.99. The zero-order valence-corrected chi connectivity index (χ0v) is 14.4. The first-order chi connectivity index (χ1) is 11.5. The Bertz CT molecular complexity index is 773. The molecule has 6 nitrogen and oxygen atoms in total. The summed E-state index contributed by atoms with van der Waals surface area (Å²) < 4.78 is 30.4. The van der Waals surface area contributed by atoms with E-state index in [0.717, 1.165) is 24.1 Å². The molecule has 0 saturated carbocycles. The fourth-order valence-corrected chi connectivity index (χ4v) is 3.67. The summed E-state index contributed by atoms with van der Waals surface area (Å²) in [4.78, 5) is 8.44. The molecule has 24 heavy (non-hydrogen) atoms. The molecule has 0 atom stereocenters. The monoisotopic (exact) mass is 347 g/mol. The number of sulfonamides is 1.